The van der Waals surface area contributed by atoms with E-state index in [4.69, 9.17) is 4.74 Å². The fourth-order valence-electron chi connectivity index (χ4n) is 6.96. The number of likely N-dealkylation sites (N-methyl/N-ethyl adjacent to an activating group) is 1. The quantitative estimate of drug-likeness (QED) is 0.174. The Morgan fingerprint density at radius 3 is 2.30 bits per heavy atom. The Morgan fingerprint density at radius 1 is 0.944 bits per heavy atom. The molecule has 0 radical (unpaired) electrons. The van der Waals surface area contributed by atoms with Crippen molar-refractivity contribution in [3.8, 4) is 11.3 Å². The fraction of sp³-hybridized carbons (Fsp3) is 0.429. The van der Waals surface area contributed by atoms with Gasteiger partial charge in [0.25, 0.3) is 11.8 Å². The first-order valence-corrected chi connectivity index (χ1v) is 16.9. The summed E-state index contributed by atoms with van der Waals surface area (Å²) in [7, 11) is 1.45. The van der Waals surface area contributed by atoms with Crippen LogP contribution in [0.5, 0.6) is 0 Å². The molecular formula is C35H35F8N7O4. The monoisotopic (exact) mass is 769 g/mol. The molecule has 3 N–H and O–H groups in total. The van der Waals surface area contributed by atoms with Crippen LogP contribution in [-0.4, -0.2) is 93.8 Å². The lowest BCUT2D eigenvalue weighted by Crippen LogP contribution is -2.62. The predicted octanol–water partition coefficient (Wildman–Crippen LogP) is 6.16. The number of aromatic nitrogens is 2. The van der Waals surface area contributed by atoms with Gasteiger partial charge in [-0.05, 0) is 43.2 Å². The molecule has 1 spiro atoms. The summed E-state index contributed by atoms with van der Waals surface area (Å²) in [5, 5.41) is 19.0. The molecule has 19 heteroatoms. The number of nitrogens with one attached hydrogen (secondary N) is 2. The number of carbonyl (C=O) groups excluding carboxylic acids is 2. The summed E-state index contributed by atoms with van der Waals surface area (Å²) in [6.07, 6.45) is -7.84. The van der Waals surface area contributed by atoms with Gasteiger partial charge < -0.3 is 20.5 Å². The average Bonchev–Trinajstić information content (AvgIpc) is 3.63. The highest BCUT2D eigenvalue weighted by Crippen LogP contribution is 2.45. The van der Waals surface area contributed by atoms with E-state index >= 15 is 8.78 Å². The number of alkyl halides is 6. The highest BCUT2D eigenvalue weighted by molar-refractivity contribution is 6.24. The first kappa shape index (κ1) is 38.8. The molecule has 2 fully saturated rings. The molecule has 290 valence electrons. The maximum Gasteiger partial charge on any atom is 0.433 e. The number of benzene rings is 2. The third-order valence-corrected chi connectivity index (χ3v) is 9.92. The van der Waals surface area contributed by atoms with Gasteiger partial charge in [0.1, 0.15) is 23.4 Å². The van der Waals surface area contributed by atoms with Crippen LogP contribution in [-0.2, 0) is 33.2 Å². The van der Waals surface area contributed by atoms with Crippen molar-refractivity contribution in [1.82, 2.24) is 24.9 Å². The molecule has 2 aromatic carbocycles. The smallest absolute Gasteiger partial charge is 0.433 e. The number of amides is 2. The van der Waals surface area contributed by atoms with Crippen LogP contribution in [0.3, 0.4) is 0 Å². The standard InChI is InChI=1S/C35H35F8N7O4/c1-48-33(8-2-3-9-33)30(51)27(32(53)50(48)18-20-4-6-24(29(37)28(20)36)44-10-11-49-12-14-54-15-13-49)31(52)47-23-7-5-21(34(38,39)40)16-22(23)25-17-26(35(41,42)43)46-19-45-25/h4-7,16-17,19,44,51H,2-3,8-15,18H2,1H3,(H,47,52). The molecule has 1 saturated heterocycles. The first-order valence-electron chi connectivity index (χ1n) is 16.9. The second-order valence-corrected chi connectivity index (χ2v) is 13.1. The van der Waals surface area contributed by atoms with Crippen molar-refractivity contribution in [2.75, 3.05) is 57.1 Å². The Kier molecular flexibility index (Phi) is 10.9. The van der Waals surface area contributed by atoms with E-state index in [2.05, 4.69) is 25.5 Å². The summed E-state index contributed by atoms with van der Waals surface area (Å²) in [4.78, 5) is 36.9. The van der Waals surface area contributed by atoms with Crippen molar-refractivity contribution in [2.45, 2.75) is 50.1 Å². The predicted molar refractivity (Wildman–Crippen MR) is 177 cm³/mol. The minimum absolute atomic E-state index is 0.105. The third kappa shape index (κ3) is 7.70. The summed E-state index contributed by atoms with van der Waals surface area (Å²) >= 11 is 0. The third-order valence-electron chi connectivity index (χ3n) is 9.92. The summed E-state index contributed by atoms with van der Waals surface area (Å²) in [6, 6.07) is 4.82. The Bertz CT molecular complexity index is 1940. The number of aliphatic hydroxyl groups is 1. The number of morpholine rings is 1. The molecule has 6 rings (SSSR count). The molecule has 0 unspecified atom stereocenters. The SMILES string of the molecule is CN1N(Cc2ccc(NCCN3CCOCC3)c(F)c2F)C(=O)C(C(=O)Nc2ccc(C(F)(F)F)cc2-c2cc(C(F)(F)F)ncn2)=C(O)C12CCCC2. The molecule has 3 aliphatic rings. The summed E-state index contributed by atoms with van der Waals surface area (Å²) in [6.45, 7) is 2.85. The highest BCUT2D eigenvalue weighted by atomic mass is 19.4. The normalized spacial score (nSPS) is 18.5. The summed E-state index contributed by atoms with van der Waals surface area (Å²) in [5.41, 5.74) is -6.96. The van der Waals surface area contributed by atoms with Crippen molar-refractivity contribution in [3.63, 3.8) is 0 Å². The van der Waals surface area contributed by atoms with E-state index in [9.17, 15) is 41.0 Å². The van der Waals surface area contributed by atoms with Crippen molar-refractivity contribution < 1.29 is 54.6 Å². The lowest BCUT2D eigenvalue weighted by Gasteiger charge is -2.48. The zero-order valence-electron chi connectivity index (χ0n) is 28.8. The number of hydrazine groups is 1. The number of halogens is 8. The number of hydrogen-bond donors (Lipinski definition) is 3. The fourth-order valence-corrected chi connectivity index (χ4v) is 6.96. The molecule has 3 heterocycles. The Labute approximate surface area is 303 Å². The number of aliphatic hydroxyl groups excluding tert-OH is 1. The summed E-state index contributed by atoms with van der Waals surface area (Å²) in [5.74, 6) is -5.55. The summed E-state index contributed by atoms with van der Waals surface area (Å²) < 4.78 is 118. The second-order valence-electron chi connectivity index (χ2n) is 13.1. The van der Waals surface area contributed by atoms with E-state index < -0.39 is 87.4 Å². The van der Waals surface area contributed by atoms with Crippen LogP contribution in [0.25, 0.3) is 11.3 Å². The van der Waals surface area contributed by atoms with Crippen LogP contribution in [0.1, 0.15) is 42.5 Å². The number of hydrogen-bond acceptors (Lipinski definition) is 9. The molecule has 0 bridgehead atoms. The van der Waals surface area contributed by atoms with E-state index in [-0.39, 0.29) is 24.1 Å². The number of anilines is 2. The maximum atomic E-state index is 15.6. The molecule has 3 aromatic rings. The molecular weight excluding hydrogens is 734 g/mol. The van der Waals surface area contributed by atoms with Crippen molar-refractivity contribution in [1.29, 1.82) is 0 Å². The Hall–Kier alpha value is -4.88. The van der Waals surface area contributed by atoms with Crippen LogP contribution in [0.2, 0.25) is 0 Å². The number of carbonyl (C=O) groups is 2. The average molecular weight is 770 g/mol. The van der Waals surface area contributed by atoms with Gasteiger partial charge in [0.15, 0.2) is 11.6 Å². The lowest BCUT2D eigenvalue weighted by atomic mass is 9.88. The van der Waals surface area contributed by atoms with Gasteiger partial charge in [-0.3, -0.25) is 19.5 Å². The largest absolute Gasteiger partial charge is 0.509 e. The number of rotatable bonds is 9. The van der Waals surface area contributed by atoms with Crippen molar-refractivity contribution >= 4 is 23.2 Å². The van der Waals surface area contributed by atoms with Crippen LogP contribution in [0, 0.1) is 11.6 Å². The van der Waals surface area contributed by atoms with Gasteiger partial charge in [-0.1, -0.05) is 18.9 Å². The topological polar surface area (TPSA) is 123 Å². The molecule has 2 aliphatic heterocycles. The minimum Gasteiger partial charge on any atom is -0.509 e. The minimum atomic E-state index is -4.98. The Balaban J connectivity index is 1.30. The van der Waals surface area contributed by atoms with Crippen LogP contribution in [0.15, 0.2) is 54.1 Å². The highest BCUT2D eigenvalue weighted by Gasteiger charge is 2.53. The first-order chi connectivity index (χ1) is 25.5. The van der Waals surface area contributed by atoms with E-state index in [1.165, 1.54) is 24.2 Å². The van der Waals surface area contributed by atoms with Crippen LogP contribution < -0.4 is 10.6 Å². The zero-order valence-corrected chi connectivity index (χ0v) is 28.8. The number of nitrogens with zero attached hydrogens (tertiary/aromatic N) is 5. The van der Waals surface area contributed by atoms with Gasteiger partial charge in [0.05, 0.1) is 47.9 Å². The molecule has 2 amide bonds. The molecule has 1 aromatic heterocycles. The van der Waals surface area contributed by atoms with Gasteiger partial charge in [-0.25, -0.2) is 23.8 Å². The van der Waals surface area contributed by atoms with Gasteiger partial charge in [0.2, 0.25) is 0 Å². The van der Waals surface area contributed by atoms with Crippen molar-refractivity contribution in [2.24, 2.45) is 0 Å². The molecule has 1 aliphatic carbocycles. The second kappa shape index (κ2) is 15.1. The van der Waals surface area contributed by atoms with Gasteiger partial charge in [0, 0.05) is 44.4 Å². The van der Waals surface area contributed by atoms with E-state index in [1.54, 1.807) is 0 Å². The maximum absolute atomic E-state index is 15.6. The van der Waals surface area contributed by atoms with E-state index in [0.29, 0.717) is 76.8 Å². The molecule has 1 saturated carbocycles. The van der Waals surface area contributed by atoms with Crippen LogP contribution in [0.4, 0.5) is 46.5 Å². The molecule has 54 heavy (non-hydrogen) atoms. The lowest BCUT2D eigenvalue weighted by molar-refractivity contribution is -0.163. The van der Waals surface area contributed by atoms with E-state index in [0.717, 1.165) is 11.1 Å². The molecule has 0 atom stereocenters. The number of ether oxygens (including phenoxy) is 1. The van der Waals surface area contributed by atoms with Crippen molar-refractivity contribution in [3.05, 3.63) is 82.5 Å². The van der Waals surface area contributed by atoms with Gasteiger partial charge in [-0.15, -0.1) is 0 Å². The zero-order chi connectivity index (χ0) is 39.0. The molecule has 11 nitrogen and oxygen atoms in total. The van der Waals surface area contributed by atoms with E-state index in [1.807, 2.05) is 0 Å². The van der Waals surface area contributed by atoms with Crippen LogP contribution >= 0.6 is 0 Å². The Morgan fingerprint density at radius 2 is 1.63 bits per heavy atom. The van der Waals surface area contributed by atoms with Gasteiger partial charge >= 0.3 is 12.4 Å². The van der Waals surface area contributed by atoms with Gasteiger partial charge in [-0.2, -0.15) is 26.3 Å².